The molecule has 0 amide bonds. The van der Waals surface area contributed by atoms with Gasteiger partial charge < -0.3 is 17.0 Å². The second-order valence-electron chi connectivity index (χ2n) is 3.05. The molecule has 0 aliphatic carbocycles. The summed E-state index contributed by atoms with van der Waals surface area (Å²) in [6.07, 6.45) is 0. The molecule has 0 saturated heterocycles. The number of fused-ring (bicyclic) bond motifs is 1. The van der Waals surface area contributed by atoms with Gasteiger partial charge in [0.15, 0.2) is 0 Å². The Morgan fingerprint density at radius 3 is 2.36 bits per heavy atom. The van der Waals surface area contributed by atoms with Crippen LogP contribution < -0.4 is 25.9 Å². The topological polar surface area (TPSA) is 9.23 Å². The first-order valence-electron chi connectivity index (χ1n) is 4.19. The molecule has 0 radical (unpaired) electrons. The van der Waals surface area contributed by atoms with Gasteiger partial charge in [0.1, 0.15) is 0 Å². The van der Waals surface area contributed by atoms with Gasteiger partial charge in [-0.1, -0.05) is 0 Å². The van der Waals surface area contributed by atoms with Crippen LogP contribution in [-0.2, 0) is 18.3 Å². The summed E-state index contributed by atoms with van der Waals surface area (Å²) < 4.78 is 6.57. The third-order valence-corrected chi connectivity index (χ3v) is 3.03. The Balaban J connectivity index is 0.000000980. The average molecular weight is 302 g/mol. The molecule has 0 bridgehead atoms. The molecule has 2 aromatic carbocycles. The van der Waals surface area contributed by atoms with Crippen molar-refractivity contribution in [3.05, 3.63) is 36.4 Å². The summed E-state index contributed by atoms with van der Waals surface area (Å²) in [5.74, 6) is 0.923. The normalized spacial score (nSPS) is 9.64. The molecule has 0 atom stereocenters. The van der Waals surface area contributed by atoms with E-state index in [9.17, 15) is 0 Å². The summed E-state index contributed by atoms with van der Waals surface area (Å²) in [5, 5.41) is 2.54. The molecular formula is C11H9BrOZn. The minimum Gasteiger partial charge on any atom is -1.00 e. The average Bonchev–Trinajstić information content (AvgIpc) is 2.17. The van der Waals surface area contributed by atoms with E-state index in [-0.39, 0.29) is 17.0 Å². The van der Waals surface area contributed by atoms with Gasteiger partial charge in [0.05, 0.1) is 0 Å². The quantitative estimate of drug-likeness (QED) is 0.616. The van der Waals surface area contributed by atoms with E-state index in [4.69, 9.17) is 4.74 Å². The van der Waals surface area contributed by atoms with Gasteiger partial charge in [-0.3, -0.25) is 0 Å². The van der Waals surface area contributed by atoms with Crippen LogP contribution in [0.15, 0.2) is 36.4 Å². The summed E-state index contributed by atoms with van der Waals surface area (Å²) in [5.41, 5.74) is 0. The summed E-state index contributed by atoms with van der Waals surface area (Å²) in [6, 6.07) is 12.7. The Labute approximate surface area is 104 Å². The number of ether oxygens (including phenoxy) is 1. The molecule has 0 aliphatic rings. The fourth-order valence-electron chi connectivity index (χ4n) is 1.40. The first-order valence-corrected chi connectivity index (χ1v) is 5.68. The van der Waals surface area contributed by atoms with Gasteiger partial charge in [-0.25, -0.2) is 0 Å². The summed E-state index contributed by atoms with van der Waals surface area (Å²) in [7, 11) is 1.70. The molecule has 0 heterocycles. The second kappa shape index (κ2) is 4.90. The molecule has 0 fully saturated rings. The Hall–Kier alpha value is -0.397. The molecule has 2 aromatic rings. The third-order valence-electron chi connectivity index (χ3n) is 2.11. The standard InChI is InChI=1S/C11H9O.BrH.Zn/c1-12-11-7-6-9-4-2-3-5-10(9)8-11;;/h3-8H,1H3;1H;/q;;+1/p-1. The van der Waals surface area contributed by atoms with Crippen molar-refractivity contribution >= 4 is 14.9 Å². The zero-order valence-electron chi connectivity index (χ0n) is 7.96. The first-order chi connectivity index (χ1) is 6.29. The van der Waals surface area contributed by atoms with E-state index in [0.29, 0.717) is 0 Å². The van der Waals surface area contributed by atoms with E-state index < -0.39 is 0 Å². The van der Waals surface area contributed by atoms with Crippen molar-refractivity contribution in [1.29, 1.82) is 0 Å². The Bertz CT molecular complexity index is 442. The smallest absolute Gasteiger partial charge is 1.00 e. The molecule has 3 heteroatoms. The molecule has 1 nitrogen and oxygen atoms in total. The minimum atomic E-state index is 0. The first kappa shape index (κ1) is 11.7. The number of hydrogen-bond donors (Lipinski definition) is 0. The van der Waals surface area contributed by atoms with Crippen molar-refractivity contribution in [2.75, 3.05) is 7.11 Å². The molecule has 0 unspecified atom stereocenters. The fraction of sp³-hybridized carbons (Fsp3) is 0.0909. The van der Waals surface area contributed by atoms with Crippen molar-refractivity contribution in [1.82, 2.24) is 0 Å². The van der Waals surface area contributed by atoms with E-state index in [1.807, 2.05) is 6.07 Å². The fourth-order valence-corrected chi connectivity index (χ4v) is 2.11. The van der Waals surface area contributed by atoms with E-state index in [1.54, 1.807) is 7.11 Å². The predicted octanol–water partition coefficient (Wildman–Crippen LogP) is -0.976. The van der Waals surface area contributed by atoms with Gasteiger partial charge >= 0.3 is 87.2 Å². The summed E-state index contributed by atoms with van der Waals surface area (Å²) in [4.78, 5) is 0. The number of methoxy groups -OCH3 is 1. The monoisotopic (exact) mass is 300 g/mol. The van der Waals surface area contributed by atoms with Crippen LogP contribution in [0.5, 0.6) is 5.75 Å². The zero-order valence-corrected chi connectivity index (χ0v) is 12.5. The van der Waals surface area contributed by atoms with Crippen LogP contribution in [-0.4, -0.2) is 7.11 Å². The molecule has 0 saturated carbocycles. The van der Waals surface area contributed by atoms with Crippen molar-refractivity contribution in [3.63, 3.8) is 0 Å². The largest absolute Gasteiger partial charge is 1.00 e. The van der Waals surface area contributed by atoms with Crippen LogP contribution >= 0.6 is 0 Å². The molecular weight excluding hydrogens is 293 g/mol. The van der Waals surface area contributed by atoms with Crippen LogP contribution in [0, 0.1) is 0 Å². The van der Waals surface area contributed by atoms with Gasteiger partial charge in [0.2, 0.25) is 0 Å². The van der Waals surface area contributed by atoms with E-state index >= 15 is 0 Å². The third kappa shape index (κ3) is 2.34. The van der Waals surface area contributed by atoms with Crippen LogP contribution in [0.3, 0.4) is 0 Å². The zero-order chi connectivity index (χ0) is 9.26. The number of halogens is 1. The Kier molecular flexibility index (Phi) is 4.09. The molecule has 0 aromatic heterocycles. The summed E-state index contributed by atoms with van der Waals surface area (Å²) >= 11 is 1.21. The predicted molar refractivity (Wildman–Crippen MR) is 50.1 cm³/mol. The van der Waals surface area contributed by atoms with Gasteiger partial charge in [-0.05, 0) is 0 Å². The van der Waals surface area contributed by atoms with Gasteiger partial charge in [0, 0.05) is 0 Å². The molecule has 0 spiro atoms. The maximum absolute atomic E-state index is 5.16. The van der Waals surface area contributed by atoms with Crippen LogP contribution in [0.1, 0.15) is 0 Å². The second-order valence-corrected chi connectivity index (χ2v) is 4.76. The van der Waals surface area contributed by atoms with Crippen LogP contribution in [0.25, 0.3) is 10.8 Å². The van der Waals surface area contributed by atoms with Crippen LogP contribution in [0.4, 0.5) is 0 Å². The van der Waals surface area contributed by atoms with Crippen molar-refractivity contribution < 1.29 is 40.0 Å². The summed E-state index contributed by atoms with van der Waals surface area (Å²) in [6.45, 7) is 0. The van der Waals surface area contributed by atoms with E-state index in [2.05, 4.69) is 30.3 Å². The molecule has 2 rings (SSSR count). The number of benzene rings is 2. The van der Waals surface area contributed by atoms with Crippen molar-refractivity contribution in [3.8, 4) is 5.75 Å². The number of hydrogen-bond acceptors (Lipinski definition) is 1. The van der Waals surface area contributed by atoms with Gasteiger partial charge in [0.25, 0.3) is 0 Å². The van der Waals surface area contributed by atoms with Crippen LogP contribution in [0.2, 0.25) is 0 Å². The van der Waals surface area contributed by atoms with Gasteiger partial charge in [-0.15, -0.1) is 0 Å². The maximum atomic E-state index is 5.16. The minimum absolute atomic E-state index is 0. The Morgan fingerprint density at radius 2 is 1.64 bits per heavy atom. The van der Waals surface area contributed by atoms with E-state index in [1.165, 1.54) is 33.2 Å². The molecule has 68 valence electrons. The van der Waals surface area contributed by atoms with E-state index in [0.717, 1.165) is 5.75 Å². The molecule has 0 N–H and O–H groups in total. The molecule has 0 aliphatic heterocycles. The van der Waals surface area contributed by atoms with Crippen molar-refractivity contribution in [2.24, 2.45) is 0 Å². The molecule has 14 heavy (non-hydrogen) atoms. The number of rotatable bonds is 1. The SMILES string of the molecule is COc1ccc2c[c]([Zn+])ccc2c1.[Br-]. The Morgan fingerprint density at radius 1 is 1.00 bits per heavy atom. The van der Waals surface area contributed by atoms with Gasteiger partial charge in [-0.2, -0.15) is 0 Å². The maximum Gasteiger partial charge on any atom is -1.00 e. The van der Waals surface area contributed by atoms with Crippen molar-refractivity contribution in [2.45, 2.75) is 0 Å².